The number of carbonyl (C=O) groups is 2. The highest BCUT2D eigenvalue weighted by atomic mass is 32.1. The van der Waals surface area contributed by atoms with E-state index in [0.717, 1.165) is 4.88 Å². The molecule has 2 aromatic carbocycles. The SMILES string of the molecule is O=C1CN(C(=O)c2ccc(F)cc2)C(c2cccs2)c2cc(F)ccc2N1. The number of thiophene rings is 1. The summed E-state index contributed by atoms with van der Waals surface area (Å²) in [6.45, 7) is -0.199. The van der Waals surface area contributed by atoms with Crippen molar-refractivity contribution in [2.24, 2.45) is 0 Å². The van der Waals surface area contributed by atoms with E-state index >= 15 is 0 Å². The van der Waals surface area contributed by atoms with Crippen LogP contribution >= 0.6 is 11.3 Å². The number of nitrogens with zero attached hydrogens (tertiary/aromatic N) is 1. The predicted octanol–water partition coefficient (Wildman–Crippen LogP) is 4.21. The zero-order valence-corrected chi connectivity index (χ0v) is 14.8. The largest absolute Gasteiger partial charge is 0.324 e. The Balaban J connectivity index is 1.86. The summed E-state index contributed by atoms with van der Waals surface area (Å²) in [6, 6.07) is 12.3. The molecular formula is C20H14F2N2O2S. The van der Waals surface area contributed by atoms with Gasteiger partial charge in [-0.25, -0.2) is 8.78 Å². The second-order valence-electron chi connectivity index (χ2n) is 6.14. The minimum atomic E-state index is -0.632. The molecule has 1 unspecified atom stereocenters. The number of halogens is 2. The van der Waals surface area contributed by atoms with Crippen LogP contribution < -0.4 is 5.32 Å². The summed E-state index contributed by atoms with van der Waals surface area (Å²) >= 11 is 1.41. The fraction of sp³-hybridized carbons (Fsp3) is 0.100. The lowest BCUT2D eigenvalue weighted by atomic mass is 10.0. The summed E-state index contributed by atoms with van der Waals surface area (Å²) in [5.74, 6) is -1.72. The van der Waals surface area contributed by atoms with Crippen molar-refractivity contribution in [2.45, 2.75) is 6.04 Å². The fourth-order valence-electron chi connectivity index (χ4n) is 3.18. The fourth-order valence-corrected chi connectivity index (χ4v) is 4.03. The molecule has 1 aliphatic rings. The lowest BCUT2D eigenvalue weighted by Crippen LogP contribution is -2.38. The number of anilines is 1. The molecule has 0 fully saturated rings. The number of hydrogen-bond acceptors (Lipinski definition) is 3. The zero-order chi connectivity index (χ0) is 19.0. The highest BCUT2D eigenvalue weighted by molar-refractivity contribution is 7.10. The number of fused-ring (bicyclic) bond motifs is 1. The summed E-state index contributed by atoms with van der Waals surface area (Å²) in [7, 11) is 0. The molecule has 0 bridgehead atoms. The molecule has 2 heterocycles. The smallest absolute Gasteiger partial charge is 0.255 e. The van der Waals surface area contributed by atoms with E-state index in [2.05, 4.69) is 5.32 Å². The van der Waals surface area contributed by atoms with E-state index in [4.69, 9.17) is 0 Å². The third-order valence-electron chi connectivity index (χ3n) is 4.37. The van der Waals surface area contributed by atoms with Gasteiger partial charge in [0.1, 0.15) is 18.2 Å². The van der Waals surface area contributed by atoms with Gasteiger partial charge in [0.15, 0.2) is 0 Å². The average molecular weight is 384 g/mol. The molecule has 7 heteroatoms. The third-order valence-corrected chi connectivity index (χ3v) is 5.30. The Labute approximate surface area is 158 Å². The number of carbonyl (C=O) groups excluding carboxylic acids is 2. The van der Waals surface area contributed by atoms with Gasteiger partial charge in [0.25, 0.3) is 5.91 Å². The van der Waals surface area contributed by atoms with Crippen molar-refractivity contribution in [3.05, 3.63) is 87.6 Å². The van der Waals surface area contributed by atoms with Crippen LogP contribution in [0.5, 0.6) is 0 Å². The number of amides is 2. The maximum absolute atomic E-state index is 14.0. The van der Waals surface area contributed by atoms with Gasteiger partial charge < -0.3 is 10.2 Å². The molecule has 1 aromatic heterocycles. The maximum Gasteiger partial charge on any atom is 0.255 e. The summed E-state index contributed by atoms with van der Waals surface area (Å²) in [6.07, 6.45) is 0. The van der Waals surface area contributed by atoms with Crippen LogP contribution in [0.2, 0.25) is 0 Å². The van der Waals surface area contributed by atoms with E-state index in [1.54, 1.807) is 0 Å². The van der Waals surface area contributed by atoms with E-state index < -0.39 is 23.6 Å². The van der Waals surface area contributed by atoms with Crippen LogP contribution in [0.1, 0.15) is 26.8 Å². The molecule has 136 valence electrons. The molecule has 0 saturated carbocycles. The monoisotopic (exact) mass is 384 g/mol. The van der Waals surface area contributed by atoms with Crippen molar-refractivity contribution in [1.29, 1.82) is 0 Å². The average Bonchev–Trinajstić information content (AvgIpc) is 3.13. The van der Waals surface area contributed by atoms with E-state index in [1.165, 1.54) is 58.7 Å². The lowest BCUT2D eigenvalue weighted by molar-refractivity contribution is -0.117. The molecule has 1 aliphatic heterocycles. The van der Waals surface area contributed by atoms with Crippen LogP contribution in [-0.4, -0.2) is 23.3 Å². The Morgan fingerprint density at radius 1 is 1.07 bits per heavy atom. The second kappa shape index (κ2) is 6.92. The summed E-state index contributed by atoms with van der Waals surface area (Å²) in [4.78, 5) is 27.7. The van der Waals surface area contributed by atoms with E-state index in [1.807, 2.05) is 17.5 Å². The first-order chi connectivity index (χ1) is 13.0. The topological polar surface area (TPSA) is 49.4 Å². The lowest BCUT2D eigenvalue weighted by Gasteiger charge is -2.29. The van der Waals surface area contributed by atoms with Gasteiger partial charge in [-0.15, -0.1) is 11.3 Å². The number of nitrogens with one attached hydrogen (secondary N) is 1. The predicted molar refractivity (Wildman–Crippen MR) is 98.6 cm³/mol. The molecule has 4 nitrogen and oxygen atoms in total. The van der Waals surface area contributed by atoms with Crippen LogP contribution in [0.25, 0.3) is 0 Å². The summed E-state index contributed by atoms with van der Waals surface area (Å²) < 4.78 is 27.2. The second-order valence-corrected chi connectivity index (χ2v) is 7.12. The van der Waals surface area contributed by atoms with Crippen molar-refractivity contribution in [3.8, 4) is 0 Å². The molecule has 1 N–H and O–H groups in total. The number of rotatable bonds is 2. The van der Waals surface area contributed by atoms with Gasteiger partial charge in [-0.2, -0.15) is 0 Å². The van der Waals surface area contributed by atoms with Gasteiger partial charge in [0.2, 0.25) is 5.91 Å². The minimum absolute atomic E-state index is 0.199. The van der Waals surface area contributed by atoms with Crippen molar-refractivity contribution in [3.63, 3.8) is 0 Å². The molecule has 0 spiro atoms. The van der Waals surface area contributed by atoms with Crippen LogP contribution in [0.4, 0.5) is 14.5 Å². The Morgan fingerprint density at radius 3 is 2.52 bits per heavy atom. The Kier molecular flexibility index (Phi) is 4.45. The molecular weight excluding hydrogens is 370 g/mol. The first kappa shape index (κ1) is 17.4. The van der Waals surface area contributed by atoms with Crippen LogP contribution in [0.3, 0.4) is 0 Å². The van der Waals surface area contributed by atoms with Gasteiger partial charge in [-0.3, -0.25) is 9.59 Å². The van der Waals surface area contributed by atoms with Gasteiger partial charge in [0.05, 0.1) is 6.04 Å². The molecule has 0 saturated heterocycles. The quantitative estimate of drug-likeness (QED) is 0.720. The minimum Gasteiger partial charge on any atom is -0.324 e. The van der Waals surface area contributed by atoms with E-state index in [0.29, 0.717) is 11.3 Å². The van der Waals surface area contributed by atoms with Crippen LogP contribution in [0.15, 0.2) is 60.0 Å². The molecule has 3 aromatic rings. The Bertz CT molecular complexity index is 1000. The Morgan fingerprint density at radius 2 is 1.81 bits per heavy atom. The van der Waals surface area contributed by atoms with Gasteiger partial charge in [0, 0.05) is 21.7 Å². The normalized spacial score (nSPS) is 16.4. The van der Waals surface area contributed by atoms with Crippen molar-refractivity contribution in [2.75, 3.05) is 11.9 Å². The maximum atomic E-state index is 14.0. The van der Waals surface area contributed by atoms with Gasteiger partial charge in [-0.05, 0) is 53.9 Å². The van der Waals surface area contributed by atoms with Gasteiger partial charge in [-0.1, -0.05) is 6.07 Å². The van der Waals surface area contributed by atoms with Crippen LogP contribution in [-0.2, 0) is 4.79 Å². The van der Waals surface area contributed by atoms with Crippen molar-refractivity contribution < 1.29 is 18.4 Å². The molecule has 1 atom stereocenters. The van der Waals surface area contributed by atoms with Crippen molar-refractivity contribution >= 4 is 28.8 Å². The molecule has 2 amide bonds. The standard InChI is InChI=1S/C20H14F2N2O2S/c21-13-5-3-12(4-6-13)20(26)24-11-18(25)23-16-8-7-14(22)10-15(16)19(24)17-2-1-9-27-17/h1-10,19H,11H2,(H,23,25). The highest BCUT2D eigenvalue weighted by Crippen LogP contribution is 2.38. The van der Waals surface area contributed by atoms with Gasteiger partial charge >= 0.3 is 0 Å². The summed E-state index contributed by atoms with van der Waals surface area (Å²) in [5.41, 5.74) is 1.22. The van der Waals surface area contributed by atoms with E-state index in [-0.39, 0.29) is 18.0 Å². The molecule has 0 aliphatic carbocycles. The van der Waals surface area contributed by atoms with Crippen LogP contribution in [0, 0.1) is 11.6 Å². The first-order valence-corrected chi connectivity index (χ1v) is 9.10. The Hall–Kier alpha value is -3.06. The zero-order valence-electron chi connectivity index (χ0n) is 14.0. The van der Waals surface area contributed by atoms with E-state index in [9.17, 15) is 18.4 Å². The first-order valence-electron chi connectivity index (χ1n) is 8.22. The number of benzene rings is 2. The molecule has 0 radical (unpaired) electrons. The summed E-state index contributed by atoms with van der Waals surface area (Å²) in [5, 5.41) is 4.59. The third kappa shape index (κ3) is 3.33. The highest BCUT2D eigenvalue weighted by Gasteiger charge is 2.34. The van der Waals surface area contributed by atoms with Crippen molar-refractivity contribution in [1.82, 2.24) is 4.90 Å². The molecule has 27 heavy (non-hydrogen) atoms. The number of hydrogen-bond donors (Lipinski definition) is 1. The molecule has 4 rings (SSSR count).